The van der Waals surface area contributed by atoms with Crippen molar-refractivity contribution in [2.75, 3.05) is 5.32 Å². The minimum atomic E-state index is -0.738. The molecule has 1 aromatic heterocycles. The van der Waals surface area contributed by atoms with E-state index in [9.17, 15) is 4.79 Å². The molecule has 22 heavy (non-hydrogen) atoms. The van der Waals surface area contributed by atoms with Crippen LogP contribution in [0.3, 0.4) is 0 Å². The van der Waals surface area contributed by atoms with Gasteiger partial charge in [-0.3, -0.25) is 10.2 Å². The van der Waals surface area contributed by atoms with E-state index in [1.165, 1.54) is 0 Å². The first-order chi connectivity index (χ1) is 10.7. The average molecular weight is 297 g/mol. The highest BCUT2D eigenvalue weighted by molar-refractivity contribution is 6.00. The summed E-state index contributed by atoms with van der Waals surface area (Å²) in [4.78, 5) is 16.3. The minimum absolute atomic E-state index is 0.0353. The van der Waals surface area contributed by atoms with E-state index in [-0.39, 0.29) is 5.84 Å². The molecule has 0 radical (unpaired) electrons. The second kappa shape index (κ2) is 5.92. The lowest BCUT2D eigenvalue weighted by Gasteiger charge is -2.03. The van der Waals surface area contributed by atoms with Crippen molar-refractivity contribution in [1.29, 1.82) is 0 Å². The van der Waals surface area contributed by atoms with Crippen LogP contribution in [0.1, 0.15) is 5.56 Å². The van der Waals surface area contributed by atoms with Gasteiger partial charge in [-0.25, -0.2) is 9.42 Å². The maximum atomic E-state index is 11.6. The van der Waals surface area contributed by atoms with Gasteiger partial charge in [0.2, 0.25) is 0 Å². The Labute approximate surface area is 124 Å². The van der Waals surface area contributed by atoms with Crippen LogP contribution in [0.4, 0.5) is 10.5 Å². The van der Waals surface area contributed by atoms with Crippen LogP contribution in [-0.2, 0) is 4.84 Å². The van der Waals surface area contributed by atoms with Gasteiger partial charge in [0.1, 0.15) is 11.0 Å². The van der Waals surface area contributed by atoms with Crippen LogP contribution in [0.5, 0.6) is 0 Å². The van der Waals surface area contributed by atoms with Crippen molar-refractivity contribution in [3.63, 3.8) is 0 Å². The Hall–Kier alpha value is -3.42. The van der Waals surface area contributed by atoms with Crippen molar-refractivity contribution in [2.45, 2.75) is 0 Å². The molecule has 3 rings (SSSR count). The summed E-state index contributed by atoms with van der Waals surface area (Å²) >= 11 is 0. The number of nitrogens with two attached hydrogens (primary N) is 1. The zero-order chi connectivity index (χ0) is 15.4. The fourth-order valence-electron chi connectivity index (χ4n) is 1.75. The lowest BCUT2D eigenvalue weighted by Crippen LogP contribution is -2.17. The molecular formula is C14H11N5O3. The Bertz CT molecular complexity index is 829. The van der Waals surface area contributed by atoms with Crippen LogP contribution in [0, 0.1) is 0 Å². The summed E-state index contributed by atoms with van der Waals surface area (Å²) < 4.78 is 4.59. The van der Waals surface area contributed by atoms with E-state index < -0.39 is 6.09 Å². The third-order valence-corrected chi connectivity index (χ3v) is 2.80. The number of hydrogen-bond donors (Lipinski definition) is 2. The van der Waals surface area contributed by atoms with E-state index in [0.29, 0.717) is 22.3 Å². The highest BCUT2D eigenvalue weighted by Gasteiger charge is 2.07. The molecule has 3 N–H and O–H groups in total. The summed E-state index contributed by atoms with van der Waals surface area (Å²) in [6, 6.07) is 13.8. The van der Waals surface area contributed by atoms with Gasteiger partial charge >= 0.3 is 6.09 Å². The van der Waals surface area contributed by atoms with Crippen molar-refractivity contribution in [1.82, 2.24) is 10.3 Å². The molecule has 0 bridgehead atoms. The molecular weight excluding hydrogens is 286 g/mol. The number of anilines is 1. The fraction of sp³-hybridized carbons (Fsp3) is 0. The van der Waals surface area contributed by atoms with E-state index >= 15 is 0 Å². The lowest BCUT2D eigenvalue weighted by molar-refractivity contribution is 0.166. The van der Waals surface area contributed by atoms with E-state index in [1.54, 1.807) is 42.5 Å². The van der Waals surface area contributed by atoms with E-state index in [4.69, 9.17) is 10.6 Å². The number of carbonyl (C=O) groups is 1. The summed E-state index contributed by atoms with van der Waals surface area (Å²) in [5, 5.41) is 13.5. The number of rotatable bonds is 3. The van der Waals surface area contributed by atoms with Gasteiger partial charge in [-0.1, -0.05) is 23.4 Å². The SMILES string of the molecule is N/C(=N\OC(=O)Nc1ccccc1)c1ccc2nonc2c1. The first-order valence-corrected chi connectivity index (χ1v) is 6.31. The zero-order valence-corrected chi connectivity index (χ0v) is 11.3. The molecule has 8 heteroatoms. The minimum Gasteiger partial charge on any atom is -0.380 e. The molecule has 0 atom stereocenters. The third-order valence-electron chi connectivity index (χ3n) is 2.80. The van der Waals surface area contributed by atoms with Crippen LogP contribution in [-0.4, -0.2) is 22.2 Å². The molecule has 8 nitrogen and oxygen atoms in total. The van der Waals surface area contributed by atoms with Crippen LogP contribution in [0.2, 0.25) is 0 Å². The predicted molar refractivity (Wildman–Crippen MR) is 79.1 cm³/mol. The summed E-state index contributed by atoms with van der Waals surface area (Å²) in [6.45, 7) is 0. The third kappa shape index (κ3) is 3.01. The Morgan fingerprint density at radius 2 is 1.91 bits per heavy atom. The maximum absolute atomic E-state index is 11.6. The molecule has 110 valence electrons. The molecule has 1 amide bonds. The van der Waals surface area contributed by atoms with Gasteiger partial charge in [0.15, 0.2) is 5.84 Å². The predicted octanol–water partition coefficient (Wildman–Crippen LogP) is 2.09. The van der Waals surface area contributed by atoms with Crippen molar-refractivity contribution in [3.8, 4) is 0 Å². The Balaban J connectivity index is 1.67. The largest absolute Gasteiger partial charge is 0.437 e. The molecule has 0 fully saturated rings. The second-order valence-corrected chi connectivity index (χ2v) is 4.31. The number of oxime groups is 1. The van der Waals surface area contributed by atoms with Crippen molar-refractivity contribution in [2.24, 2.45) is 10.9 Å². The molecule has 0 aliphatic heterocycles. The topological polar surface area (TPSA) is 116 Å². The highest BCUT2D eigenvalue weighted by atomic mass is 16.7. The van der Waals surface area contributed by atoms with E-state index in [2.05, 4.69) is 25.4 Å². The molecule has 1 heterocycles. The van der Waals surface area contributed by atoms with E-state index in [1.807, 2.05) is 6.07 Å². The zero-order valence-electron chi connectivity index (χ0n) is 11.3. The van der Waals surface area contributed by atoms with Crippen molar-refractivity contribution >= 4 is 28.6 Å². The number of amidine groups is 1. The summed E-state index contributed by atoms with van der Waals surface area (Å²) in [6.07, 6.45) is -0.738. The number of benzene rings is 2. The number of nitrogens with zero attached hydrogens (tertiary/aromatic N) is 3. The van der Waals surface area contributed by atoms with Gasteiger partial charge in [-0.2, -0.15) is 0 Å². The Kier molecular flexibility index (Phi) is 3.65. The van der Waals surface area contributed by atoms with Crippen LogP contribution in [0.15, 0.2) is 58.3 Å². The van der Waals surface area contributed by atoms with Gasteiger partial charge in [0.05, 0.1) is 0 Å². The summed E-state index contributed by atoms with van der Waals surface area (Å²) in [5.41, 5.74) is 8.02. The molecule has 0 saturated heterocycles. The average Bonchev–Trinajstić information content (AvgIpc) is 3.01. The number of amides is 1. The molecule has 0 spiro atoms. The Morgan fingerprint density at radius 3 is 2.73 bits per heavy atom. The maximum Gasteiger partial charge on any atom is 0.437 e. The van der Waals surface area contributed by atoms with E-state index in [0.717, 1.165) is 0 Å². The van der Waals surface area contributed by atoms with Crippen LogP contribution >= 0.6 is 0 Å². The smallest absolute Gasteiger partial charge is 0.380 e. The quantitative estimate of drug-likeness (QED) is 0.331. The van der Waals surface area contributed by atoms with Gasteiger partial charge in [-0.05, 0) is 40.6 Å². The molecule has 0 unspecified atom stereocenters. The highest BCUT2D eigenvalue weighted by Crippen LogP contribution is 2.11. The fourth-order valence-corrected chi connectivity index (χ4v) is 1.75. The molecule has 0 aliphatic carbocycles. The molecule has 0 aliphatic rings. The van der Waals surface area contributed by atoms with Crippen LogP contribution in [0.25, 0.3) is 11.0 Å². The number of para-hydroxylation sites is 1. The normalized spacial score (nSPS) is 11.4. The lowest BCUT2D eigenvalue weighted by atomic mass is 10.2. The number of nitrogens with one attached hydrogen (secondary N) is 1. The van der Waals surface area contributed by atoms with Gasteiger partial charge in [0, 0.05) is 11.3 Å². The number of aromatic nitrogens is 2. The second-order valence-electron chi connectivity index (χ2n) is 4.31. The molecule has 3 aromatic rings. The number of fused-ring (bicyclic) bond motifs is 1. The first kappa shape index (κ1) is 13.6. The molecule has 2 aromatic carbocycles. The summed E-state index contributed by atoms with van der Waals surface area (Å²) in [7, 11) is 0. The monoisotopic (exact) mass is 297 g/mol. The van der Waals surface area contributed by atoms with Gasteiger partial charge < -0.3 is 5.73 Å². The summed E-state index contributed by atoms with van der Waals surface area (Å²) in [5.74, 6) is 0.0353. The van der Waals surface area contributed by atoms with Gasteiger partial charge in [-0.15, -0.1) is 0 Å². The first-order valence-electron chi connectivity index (χ1n) is 6.31. The van der Waals surface area contributed by atoms with Gasteiger partial charge in [0.25, 0.3) is 0 Å². The van der Waals surface area contributed by atoms with Crippen LogP contribution < -0.4 is 11.1 Å². The number of hydrogen-bond acceptors (Lipinski definition) is 6. The number of carbonyl (C=O) groups excluding carboxylic acids is 1. The van der Waals surface area contributed by atoms with Crippen molar-refractivity contribution < 1.29 is 14.3 Å². The standard InChI is InChI=1S/C14H11N5O3/c15-13(9-6-7-11-12(8-9)18-22-17-11)19-21-14(20)16-10-4-2-1-3-5-10/h1-8H,(H2,15,19)(H,16,20). The Morgan fingerprint density at radius 1 is 1.14 bits per heavy atom. The van der Waals surface area contributed by atoms with Crippen molar-refractivity contribution in [3.05, 3.63) is 54.1 Å². The molecule has 0 saturated carbocycles.